The van der Waals surface area contributed by atoms with E-state index in [9.17, 15) is 4.79 Å². The fourth-order valence-electron chi connectivity index (χ4n) is 1.20. The SMILES string of the molecule is COc1ccc(C(=O)O[C@@H](CCl)OCCCl)cc1. The number of hydrogen-bond donors (Lipinski definition) is 0. The normalized spacial score (nSPS) is 11.9. The summed E-state index contributed by atoms with van der Waals surface area (Å²) >= 11 is 11.1. The van der Waals surface area contributed by atoms with Crippen LogP contribution in [0, 0.1) is 0 Å². The standard InChI is InChI=1S/C12H14Cl2O4/c1-16-10-4-2-9(3-5-10)12(15)18-11(8-14)17-7-6-13/h2-5,11H,6-8H2,1H3/t11-/m0/s1. The van der Waals surface area contributed by atoms with Gasteiger partial charge in [0, 0.05) is 5.88 Å². The van der Waals surface area contributed by atoms with Crippen molar-refractivity contribution in [1.82, 2.24) is 0 Å². The van der Waals surface area contributed by atoms with Crippen molar-refractivity contribution in [3.63, 3.8) is 0 Å². The topological polar surface area (TPSA) is 44.8 Å². The van der Waals surface area contributed by atoms with Gasteiger partial charge in [-0.25, -0.2) is 4.79 Å². The third-order valence-corrected chi connectivity index (χ3v) is 2.48. The van der Waals surface area contributed by atoms with E-state index in [0.717, 1.165) is 0 Å². The molecule has 0 unspecified atom stereocenters. The first-order valence-corrected chi connectivity index (χ1v) is 6.36. The molecule has 0 radical (unpaired) electrons. The number of methoxy groups -OCH3 is 1. The Morgan fingerprint density at radius 1 is 1.28 bits per heavy atom. The molecule has 0 aromatic heterocycles. The highest BCUT2D eigenvalue weighted by atomic mass is 35.5. The number of benzene rings is 1. The first-order valence-electron chi connectivity index (χ1n) is 5.29. The molecule has 1 rings (SSSR count). The van der Waals surface area contributed by atoms with Gasteiger partial charge < -0.3 is 14.2 Å². The van der Waals surface area contributed by atoms with E-state index in [2.05, 4.69) is 0 Å². The molecule has 4 nitrogen and oxygen atoms in total. The van der Waals surface area contributed by atoms with Gasteiger partial charge in [0.1, 0.15) is 5.75 Å². The van der Waals surface area contributed by atoms with Crippen LogP contribution in [0.25, 0.3) is 0 Å². The third kappa shape index (κ3) is 4.72. The number of ether oxygens (including phenoxy) is 3. The van der Waals surface area contributed by atoms with Gasteiger partial charge in [0.15, 0.2) is 0 Å². The fourth-order valence-corrected chi connectivity index (χ4v) is 1.44. The lowest BCUT2D eigenvalue weighted by atomic mass is 10.2. The van der Waals surface area contributed by atoms with Crippen LogP contribution in [0.3, 0.4) is 0 Å². The van der Waals surface area contributed by atoms with Crippen LogP contribution in [0.15, 0.2) is 24.3 Å². The molecule has 1 atom stereocenters. The van der Waals surface area contributed by atoms with Gasteiger partial charge in [0.05, 0.1) is 25.2 Å². The smallest absolute Gasteiger partial charge is 0.340 e. The van der Waals surface area contributed by atoms with Crippen molar-refractivity contribution in [2.75, 3.05) is 25.5 Å². The van der Waals surface area contributed by atoms with Crippen LogP contribution in [0.4, 0.5) is 0 Å². The van der Waals surface area contributed by atoms with Gasteiger partial charge in [-0.15, -0.1) is 23.2 Å². The molecule has 1 aromatic rings. The second kappa shape index (κ2) is 8.19. The number of carbonyl (C=O) groups is 1. The van der Waals surface area contributed by atoms with Gasteiger partial charge in [0.25, 0.3) is 0 Å². The van der Waals surface area contributed by atoms with Crippen molar-refractivity contribution in [3.8, 4) is 5.75 Å². The summed E-state index contributed by atoms with van der Waals surface area (Å²) in [5, 5.41) is 0. The van der Waals surface area contributed by atoms with Crippen molar-refractivity contribution in [2.45, 2.75) is 6.29 Å². The summed E-state index contributed by atoms with van der Waals surface area (Å²) in [4.78, 5) is 11.7. The average Bonchev–Trinajstić information content (AvgIpc) is 2.43. The zero-order chi connectivity index (χ0) is 13.4. The van der Waals surface area contributed by atoms with Crippen molar-refractivity contribution in [2.24, 2.45) is 0 Å². The summed E-state index contributed by atoms with van der Waals surface area (Å²) in [6, 6.07) is 6.56. The van der Waals surface area contributed by atoms with E-state index in [1.165, 1.54) is 0 Å². The molecule has 0 fully saturated rings. The van der Waals surface area contributed by atoms with Crippen molar-refractivity contribution >= 4 is 29.2 Å². The molecule has 0 N–H and O–H groups in total. The maximum absolute atomic E-state index is 11.7. The molecule has 0 aliphatic carbocycles. The minimum atomic E-state index is -0.792. The zero-order valence-electron chi connectivity index (χ0n) is 9.90. The monoisotopic (exact) mass is 292 g/mol. The largest absolute Gasteiger partial charge is 0.497 e. The molecule has 0 saturated heterocycles. The van der Waals surface area contributed by atoms with E-state index in [-0.39, 0.29) is 12.5 Å². The first-order chi connectivity index (χ1) is 8.71. The Bertz CT molecular complexity index is 367. The Morgan fingerprint density at radius 3 is 2.44 bits per heavy atom. The van der Waals surface area contributed by atoms with Crippen LogP contribution in [0.1, 0.15) is 10.4 Å². The maximum atomic E-state index is 11.7. The highest BCUT2D eigenvalue weighted by Crippen LogP contribution is 2.13. The van der Waals surface area contributed by atoms with E-state index in [0.29, 0.717) is 17.2 Å². The molecule has 0 aliphatic heterocycles. The minimum Gasteiger partial charge on any atom is -0.497 e. The number of esters is 1. The fraction of sp³-hybridized carbons (Fsp3) is 0.417. The first kappa shape index (κ1) is 15.1. The van der Waals surface area contributed by atoms with Gasteiger partial charge in [-0.1, -0.05) is 0 Å². The van der Waals surface area contributed by atoms with Crippen LogP contribution < -0.4 is 4.74 Å². The number of carbonyl (C=O) groups excluding carboxylic acids is 1. The lowest BCUT2D eigenvalue weighted by Gasteiger charge is -2.15. The summed E-state index contributed by atoms with van der Waals surface area (Å²) < 4.78 is 15.2. The molecular formula is C12H14Cl2O4. The van der Waals surface area contributed by atoms with Crippen LogP contribution >= 0.6 is 23.2 Å². The molecule has 0 saturated carbocycles. The maximum Gasteiger partial charge on any atom is 0.340 e. The molecule has 0 spiro atoms. The molecule has 0 bridgehead atoms. The predicted molar refractivity (Wildman–Crippen MR) is 69.6 cm³/mol. The Kier molecular flexibility index (Phi) is 6.86. The Balaban J connectivity index is 2.56. The van der Waals surface area contributed by atoms with E-state index >= 15 is 0 Å². The molecule has 6 heteroatoms. The predicted octanol–water partition coefficient (Wildman–Crippen LogP) is 2.67. The van der Waals surface area contributed by atoms with Crippen LogP contribution in [-0.2, 0) is 9.47 Å². The lowest BCUT2D eigenvalue weighted by molar-refractivity contribution is -0.0913. The average molecular weight is 293 g/mol. The second-order valence-corrected chi connectivity index (χ2v) is 3.96. The summed E-state index contributed by atoms with van der Waals surface area (Å²) in [5.41, 5.74) is 0.403. The number of alkyl halides is 2. The van der Waals surface area contributed by atoms with E-state index in [1.54, 1.807) is 31.4 Å². The Labute approximate surface area is 116 Å². The number of rotatable bonds is 7. The number of halogens is 2. The Hall–Kier alpha value is -0.970. The lowest BCUT2D eigenvalue weighted by Crippen LogP contribution is -2.24. The second-order valence-electron chi connectivity index (χ2n) is 3.28. The van der Waals surface area contributed by atoms with Gasteiger partial charge >= 0.3 is 5.97 Å². The summed E-state index contributed by atoms with van der Waals surface area (Å²) in [5.74, 6) is 0.531. The van der Waals surface area contributed by atoms with Gasteiger partial charge in [-0.3, -0.25) is 0 Å². The third-order valence-electron chi connectivity index (χ3n) is 2.07. The van der Waals surface area contributed by atoms with E-state index in [1.807, 2.05) is 0 Å². The molecular weight excluding hydrogens is 279 g/mol. The highest BCUT2D eigenvalue weighted by Gasteiger charge is 2.15. The van der Waals surface area contributed by atoms with Crippen LogP contribution in [-0.4, -0.2) is 37.7 Å². The van der Waals surface area contributed by atoms with Gasteiger partial charge in [-0.2, -0.15) is 0 Å². The minimum absolute atomic E-state index is 0.0543. The summed E-state index contributed by atoms with van der Waals surface area (Å²) in [6.45, 7) is 0.273. The van der Waals surface area contributed by atoms with Crippen molar-refractivity contribution < 1.29 is 19.0 Å². The van der Waals surface area contributed by atoms with Gasteiger partial charge in [-0.05, 0) is 24.3 Å². The zero-order valence-corrected chi connectivity index (χ0v) is 11.4. The molecule has 18 heavy (non-hydrogen) atoms. The molecule has 0 heterocycles. The van der Waals surface area contributed by atoms with Crippen LogP contribution in [0.2, 0.25) is 0 Å². The van der Waals surface area contributed by atoms with E-state index in [4.69, 9.17) is 37.4 Å². The van der Waals surface area contributed by atoms with E-state index < -0.39 is 12.3 Å². The molecule has 0 amide bonds. The molecule has 1 aromatic carbocycles. The van der Waals surface area contributed by atoms with Crippen molar-refractivity contribution in [1.29, 1.82) is 0 Å². The quantitative estimate of drug-likeness (QED) is 0.440. The number of hydrogen-bond acceptors (Lipinski definition) is 4. The van der Waals surface area contributed by atoms with Gasteiger partial charge in [0.2, 0.25) is 6.29 Å². The highest BCUT2D eigenvalue weighted by molar-refractivity contribution is 6.18. The van der Waals surface area contributed by atoms with Crippen LogP contribution in [0.5, 0.6) is 5.75 Å². The Morgan fingerprint density at radius 2 is 1.94 bits per heavy atom. The summed E-state index contributed by atoms with van der Waals surface area (Å²) in [7, 11) is 1.55. The van der Waals surface area contributed by atoms with Crippen molar-refractivity contribution in [3.05, 3.63) is 29.8 Å². The summed E-state index contributed by atoms with van der Waals surface area (Å²) in [6.07, 6.45) is -0.792. The molecule has 0 aliphatic rings. The molecule has 100 valence electrons.